The highest BCUT2D eigenvalue weighted by molar-refractivity contribution is 7.89. The first kappa shape index (κ1) is 18.2. The lowest BCUT2D eigenvalue weighted by Crippen LogP contribution is -2.11. The second kappa shape index (κ2) is 6.26. The van der Waals surface area contributed by atoms with Crippen molar-refractivity contribution in [2.75, 3.05) is 7.11 Å². The zero-order valence-corrected chi connectivity index (χ0v) is 14.2. The number of primary sulfonamides is 1. The average molecular weight is 382 g/mol. The van der Waals surface area contributed by atoms with Crippen molar-refractivity contribution in [2.45, 2.75) is 11.1 Å². The molecule has 3 aromatic rings. The molecule has 0 bridgehead atoms. The predicted molar refractivity (Wildman–Crippen MR) is 90.1 cm³/mol. The van der Waals surface area contributed by atoms with E-state index in [2.05, 4.69) is 4.98 Å². The summed E-state index contributed by atoms with van der Waals surface area (Å²) >= 11 is 0. The molecule has 0 aliphatic heterocycles. The van der Waals surface area contributed by atoms with Gasteiger partial charge in [0.1, 0.15) is 5.75 Å². The Balaban J connectivity index is 2.23. The Kier molecular flexibility index (Phi) is 4.37. The van der Waals surface area contributed by atoms with E-state index in [-0.39, 0.29) is 10.6 Å². The van der Waals surface area contributed by atoms with Crippen LogP contribution in [0.15, 0.2) is 53.6 Å². The quantitative estimate of drug-likeness (QED) is 0.751. The Hall–Kier alpha value is -2.65. The van der Waals surface area contributed by atoms with Crippen molar-refractivity contribution in [2.24, 2.45) is 5.14 Å². The lowest BCUT2D eigenvalue weighted by molar-refractivity contribution is -0.137. The van der Waals surface area contributed by atoms with Gasteiger partial charge in [0.2, 0.25) is 10.0 Å². The summed E-state index contributed by atoms with van der Waals surface area (Å²) in [5, 5.41) is 6.21. The molecule has 1 heterocycles. The van der Waals surface area contributed by atoms with Gasteiger partial charge >= 0.3 is 6.18 Å². The molecule has 26 heavy (non-hydrogen) atoms. The fourth-order valence-corrected chi connectivity index (χ4v) is 3.16. The SMILES string of the molecule is COc1cc(C(F)(F)F)ccc1-c1nccc2cc(S(N)(=O)=O)ccc12. The van der Waals surface area contributed by atoms with E-state index >= 15 is 0 Å². The number of pyridine rings is 1. The first-order chi connectivity index (χ1) is 12.1. The van der Waals surface area contributed by atoms with Crippen molar-refractivity contribution < 1.29 is 26.3 Å². The van der Waals surface area contributed by atoms with Gasteiger partial charge in [-0.15, -0.1) is 0 Å². The summed E-state index contributed by atoms with van der Waals surface area (Å²) in [5.41, 5.74) is -0.113. The molecule has 136 valence electrons. The Morgan fingerprint density at radius 1 is 1.08 bits per heavy atom. The number of rotatable bonds is 3. The number of benzene rings is 2. The van der Waals surface area contributed by atoms with Crippen LogP contribution < -0.4 is 9.88 Å². The standard InChI is InChI=1S/C17H13F3N2O3S/c1-25-15-9-11(17(18,19)20)2-4-14(15)16-13-5-3-12(26(21,23)24)8-10(13)6-7-22-16/h2-9H,1H3,(H2,21,23,24). The molecule has 3 rings (SSSR count). The average Bonchev–Trinajstić information content (AvgIpc) is 2.58. The van der Waals surface area contributed by atoms with Gasteiger partial charge in [-0.25, -0.2) is 13.6 Å². The van der Waals surface area contributed by atoms with E-state index in [9.17, 15) is 21.6 Å². The minimum atomic E-state index is -4.50. The number of nitrogens with two attached hydrogens (primary N) is 1. The number of methoxy groups -OCH3 is 1. The van der Waals surface area contributed by atoms with E-state index in [0.717, 1.165) is 12.1 Å². The normalized spacial score (nSPS) is 12.3. The van der Waals surface area contributed by atoms with Crippen LogP contribution in [-0.4, -0.2) is 20.5 Å². The smallest absolute Gasteiger partial charge is 0.416 e. The van der Waals surface area contributed by atoms with Crippen LogP contribution in [0.4, 0.5) is 13.2 Å². The zero-order chi connectivity index (χ0) is 19.1. The number of alkyl halides is 3. The number of sulfonamides is 1. The Labute approximate surface area is 147 Å². The van der Waals surface area contributed by atoms with E-state index in [4.69, 9.17) is 9.88 Å². The minimum absolute atomic E-state index is 0.00958. The monoisotopic (exact) mass is 382 g/mol. The molecule has 0 amide bonds. The summed E-state index contributed by atoms with van der Waals surface area (Å²) in [6.07, 6.45) is -3.07. The maximum absolute atomic E-state index is 12.9. The maximum Gasteiger partial charge on any atom is 0.416 e. The molecule has 0 saturated heterocycles. The van der Waals surface area contributed by atoms with Gasteiger partial charge in [0.15, 0.2) is 0 Å². The highest BCUT2D eigenvalue weighted by Crippen LogP contribution is 2.38. The van der Waals surface area contributed by atoms with Crippen molar-refractivity contribution in [3.05, 3.63) is 54.2 Å². The van der Waals surface area contributed by atoms with Gasteiger partial charge in [-0.3, -0.25) is 4.98 Å². The van der Waals surface area contributed by atoms with Crippen molar-refractivity contribution in [1.82, 2.24) is 4.98 Å². The minimum Gasteiger partial charge on any atom is -0.496 e. The Morgan fingerprint density at radius 3 is 2.42 bits per heavy atom. The third-order valence-electron chi connectivity index (χ3n) is 3.85. The van der Waals surface area contributed by atoms with Crippen LogP contribution in [-0.2, 0) is 16.2 Å². The van der Waals surface area contributed by atoms with Gasteiger partial charge in [0, 0.05) is 17.1 Å². The summed E-state index contributed by atoms with van der Waals surface area (Å²) in [4.78, 5) is 4.16. The van der Waals surface area contributed by atoms with E-state index < -0.39 is 21.8 Å². The number of hydrogen-bond acceptors (Lipinski definition) is 4. The fourth-order valence-electron chi connectivity index (χ4n) is 2.61. The molecular formula is C17H13F3N2O3S. The van der Waals surface area contributed by atoms with E-state index in [1.807, 2.05) is 0 Å². The fraction of sp³-hybridized carbons (Fsp3) is 0.118. The van der Waals surface area contributed by atoms with Crippen molar-refractivity contribution in [3.63, 3.8) is 0 Å². The number of nitrogens with zero attached hydrogens (tertiary/aromatic N) is 1. The molecule has 1 aromatic heterocycles. The molecule has 0 aliphatic rings. The van der Waals surface area contributed by atoms with E-state index in [1.54, 1.807) is 6.07 Å². The molecule has 0 saturated carbocycles. The summed E-state index contributed by atoms with van der Waals surface area (Å²) in [5.74, 6) is 0.00958. The predicted octanol–water partition coefficient (Wildman–Crippen LogP) is 3.58. The number of fused-ring (bicyclic) bond motifs is 1. The Bertz CT molecular complexity index is 1100. The third kappa shape index (κ3) is 3.35. The molecule has 5 nitrogen and oxygen atoms in total. The summed E-state index contributed by atoms with van der Waals surface area (Å²) < 4.78 is 66.8. The number of aromatic nitrogens is 1. The molecule has 0 unspecified atom stereocenters. The molecule has 0 radical (unpaired) electrons. The van der Waals surface area contributed by atoms with Gasteiger partial charge in [-0.2, -0.15) is 13.2 Å². The van der Waals surface area contributed by atoms with Crippen LogP contribution >= 0.6 is 0 Å². The van der Waals surface area contributed by atoms with Gasteiger partial charge in [0.25, 0.3) is 0 Å². The molecular weight excluding hydrogens is 369 g/mol. The van der Waals surface area contributed by atoms with E-state index in [1.165, 1.54) is 37.6 Å². The molecule has 0 atom stereocenters. The lowest BCUT2D eigenvalue weighted by Gasteiger charge is -2.14. The van der Waals surface area contributed by atoms with Gasteiger partial charge < -0.3 is 4.74 Å². The van der Waals surface area contributed by atoms with Crippen LogP contribution in [0.1, 0.15) is 5.56 Å². The van der Waals surface area contributed by atoms with Crippen LogP contribution in [0.2, 0.25) is 0 Å². The number of halogens is 3. The zero-order valence-electron chi connectivity index (χ0n) is 13.4. The molecule has 0 aliphatic carbocycles. The summed E-state index contributed by atoms with van der Waals surface area (Å²) in [6.45, 7) is 0. The highest BCUT2D eigenvalue weighted by Gasteiger charge is 2.31. The maximum atomic E-state index is 12.9. The highest BCUT2D eigenvalue weighted by atomic mass is 32.2. The molecule has 2 N–H and O–H groups in total. The topological polar surface area (TPSA) is 82.3 Å². The van der Waals surface area contributed by atoms with Crippen LogP contribution in [0, 0.1) is 0 Å². The van der Waals surface area contributed by atoms with Gasteiger partial charge in [-0.1, -0.05) is 6.07 Å². The van der Waals surface area contributed by atoms with Gasteiger partial charge in [0.05, 0.1) is 23.3 Å². The largest absolute Gasteiger partial charge is 0.496 e. The first-order valence-electron chi connectivity index (χ1n) is 7.28. The number of hydrogen-bond donors (Lipinski definition) is 1. The second-order valence-corrected chi connectivity index (χ2v) is 7.06. The Morgan fingerprint density at radius 2 is 1.81 bits per heavy atom. The molecule has 9 heteroatoms. The second-order valence-electron chi connectivity index (χ2n) is 5.50. The van der Waals surface area contributed by atoms with Crippen molar-refractivity contribution in [1.29, 1.82) is 0 Å². The van der Waals surface area contributed by atoms with Crippen molar-refractivity contribution >= 4 is 20.8 Å². The van der Waals surface area contributed by atoms with E-state index in [0.29, 0.717) is 22.0 Å². The molecule has 0 spiro atoms. The third-order valence-corrected chi connectivity index (χ3v) is 4.76. The summed E-state index contributed by atoms with van der Waals surface area (Å²) in [6, 6.07) is 8.91. The van der Waals surface area contributed by atoms with Crippen LogP contribution in [0.5, 0.6) is 5.75 Å². The molecule has 0 fully saturated rings. The first-order valence-corrected chi connectivity index (χ1v) is 8.83. The lowest BCUT2D eigenvalue weighted by atomic mass is 10.0. The van der Waals surface area contributed by atoms with Crippen LogP contribution in [0.3, 0.4) is 0 Å². The summed E-state index contributed by atoms with van der Waals surface area (Å²) in [7, 11) is -2.61. The van der Waals surface area contributed by atoms with Gasteiger partial charge in [-0.05, 0) is 41.8 Å². The van der Waals surface area contributed by atoms with Crippen molar-refractivity contribution in [3.8, 4) is 17.0 Å². The number of ether oxygens (including phenoxy) is 1. The van der Waals surface area contributed by atoms with Crippen LogP contribution in [0.25, 0.3) is 22.0 Å². The molecule has 2 aromatic carbocycles.